The SMILES string of the molecule is COc1cc2c(cc1OCCCOc1cc3c(cc1OC)C(=O)N1C=C(C4CC4)C[C@H]1C=N3)N=C[C@@H]1CC(c3ccc(NC(=O)[C@H](C)CC(=O)[C@@H](NC(=O)CCCCCOCCOCCOCCOCCOCCOCCOCCNC(=O)CCN4C(=O)CC(C(C)C)C4=O)C(C)C)cc3)=CN1C2=O. The molecule has 27 nitrogen and oxygen atoms in total. The van der Waals surface area contributed by atoms with Crippen LogP contribution in [0, 0.1) is 29.6 Å². The summed E-state index contributed by atoms with van der Waals surface area (Å²) in [6, 6.07) is 13.0. The lowest BCUT2D eigenvalue weighted by atomic mass is 9.92. The number of methoxy groups -OCH3 is 2. The Kier molecular flexibility index (Phi) is 31.2. The third-order valence-corrected chi connectivity index (χ3v) is 18.8. The van der Waals surface area contributed by atoms with E-state index in [1.54, 1.807) is 66.4 Å². The number of fused-ring (bicyclic) bond motifs is 4. The Morgan fingerprint density at radius 2 is 1.09 bits per heavy atom. The van der Waals surface area contributed by atoms with Crippen LogP contribution in [0.3, 0.4) is 0 Å². The number of amides is 7. The van der Waals surface area contributed by atoms with Gasteiger partial charge in [-0.15, -0.1) is 0 Å². The van der Waals surface area contributed by atoms with Gasteiger partial charge in [0.05, 0.1) is 154 Å². The van der Waals surface area contributed by atoms with Gasteiger partial charge in [-0.25, -0.2) is 0 Å². The van der Waals surface area contributed by atoms with Crippen LogP contribution in [0.2, 0.25) is 0 Å². The van der Waals surface area contributed by atoms with Gasteiger partial charge in [-0.2, -0.15) is 0 Å². The second kappa shape index (κ2) is 40.7. The van der Waals surface area contributed by atoms with Crippen molar-refractivity contribution < 1.29 is 90.5 Å². The number of unbranched alkanes of at least 4 members (excludes halogenated alkanes) is 2. The maximum absolute atomic E-state index is 14.2. The van der Waals surface area contributed by atoms with Crippen LogP contribution in [0.15, 0.2) is 76.5 Å². The number of rotatable bonds is 48. The van der Waals surface area contributed by atoms with Crippen molar-refractivity contribution in [2.24, 2.45) is 39.6 Å². The van der Waals surface area contributed by atoms with Gasteiger partial charge in [0.1, 0.15) is 0 Å². The van der Waals surface area contributed by atoms with Gasteiger partial charge in [-0.05, 0) is 90.8 Å². The molecule has 27 heteroatoms. The first-order chi connectivity index (χ1) is 50.4. The summed E-state index contributed by atoms with van der Waals surface area (Å²) in [6.07, 6.45) is 14.3. The molecule has 104 heavy (non-hydrogen) atoms. The number of benzene rings is 3. The summed E-state index contributed by atoms with van der Waals surface area (Å²) in [5, 5.41) is 8.58. The molecular formula is C77H104N8O19. The van der Waals surface area contributed by atoms with Crippen molar-refractivity contribution in [1.29, 1.82) is 0 Å². The van der Waals surface area contributed by atoms with Gasteiger partial charge in [-0.1, -0.05) is 53.2 Å². The van der Waals surface area contributed by atoms with E-state index in [9.17, 15) is 38.4 Å². The van der Waals surface area contributed by atoms with Crippen molar-refractivity contribution in [3.8, 4) is 23.0 Å². The fraction of sp³-hybridized carbons (Fsp3) is 0.584. The molecule has 3 aromatic rings. The number of nitrogens with one attached hydrogen (secondary N) is 3. The molecule has 1 aliphatic carbocycles. The van der Waals surface area contributed by atoms with E-state index in [4.69, 9.17) is 62.1 Å². The average molecular weight is 1450 g/mol. The highest BCUT2D eigenvalue weighted by Crippen LogP contribution is 2.45. The van der Waals surface area contributed by atoms with Crippen LogP contribution in [0.4, 0.5) is 17.1 Å². The standard InChI is InChI=1S/C77H104N8O19/c1-50(2)60-43-72(89)83(75(60)91)21-19-70(87)78-20-25-97-27-29-99-31-33-101-35-37-102-36-34-100-32-30-98-28-26-96-22-10-8-9-12-71(88)82-73(51(3)4)65(86)38-52(5)74(90)81-57-17-15-54(16-18-57)56-40-59-47-80-64-45-69(67(95-7)42-62(64)77(93)85(59)49-56)104-24-11-23-103-68-44-63-61(41-66(68)94-6)76(92)84-48-55(53-13-14-53)39-58(84)46-79-63/h15-18,41-42,44-53,58-60,73H,8-14,19-40,43H2,1-7H3,(H,78,87)(H,81,90)(H,82,88)/t52-,58+,59+,60?,73+/m1/s1. The van der Waals surface area contributed by atoms with Crippen LogP contribution >= 0.6 is 0 Å². The highest BCUT2D eigenvalue weighted by molar-refractivity contribution is 6.07. The summed E-state index contributed by atoms with van der Waals surface area (Å²) in [4.78, 5) is 119. The number of carbonyl (C=O) groups is 8. The predicted molar refractivity (Wildman–Crippen MR) is 388 cm³/mol. The van der Waals surface area contributed by atoms with E-state index in [0.29, 0.717) is 175 Å². The summed E-state index contributed by atoms with van der Waals surface area (Å²) in [6.45, 7) is 16.1. The van der Waals surface area contributed by atoms with Gasteiger partial charge in [0.2, 0.25) is 29.5 Å². The summed E-state index contributed by atoms with van der Waals surface area (Å²) >= 11 is 0. The summed E-state index contributed by atoms with van der Waals surface area (Å²) in [5.74, 6) is -0.513. The van der Waals surface area contributed by atoms with Gasteiger partial charge < -0.3 is 77.9 Å². The molecule has 2 fully saturated rings. The Bertz CT molecular complexity index is 3550. The number of imide groups is 1. The molecule has 0 radical (unpaired) electrons. The van der Waals surface area contributed by atoms with Crippen LogP contribution in [-0.4, -0.2) is 225 Å². The molecule has 5 heterocycles. The van der Waals surface area contributed by atoms with Crippen molar-refractivity contribution >= 4 is 82.2 Å². The lowest BCUT2D eigenvalue weighted by Gasteiger charge is -2.23. The smallest absolute Gasteiger partial charge is 0.260 e. The van der Waals surface area contributed by atoms with E-state index < -0.39 is 12.0 Å². The van der Waals surface area contributed by atoms with Crippen LogP contribution in [0.1, 0.15) is 138 Å². The van der Waals surface area contributed by atoms with Crippen molar-refractivity contribution in [3.63, 3.8) is 0 Å². The minimum absolute atomic E-state index is 0.0484. The molecule has 5 atom stereocenters. The first-order valence-electron chi connectivity index (χ1n) is 36.6. The van der Waals surface area contributed by atoms with Gasteiger partial charge in [0, 0.05) is 113 Å². The molecule has 566 valence electrons. The third kappa shape index (κ3) is 23.3. The third-order valence-electron chi connectivity index (χ3n) is 18.8. The molecule has 0 bridgehead atoms. The topological polar surface area (TPSA) is 309 Å². The zero-order valence-electron chi connectivity index (χ0n) is 61.3. The molecule has 5 aliphatic heterocycles. The minimum atomic E-state index is -0.732. The van der Waals surface area contributed by atoms with E-state index >= 15 is 0 Å². The van der Waals surface area contributed by atoms with E-state index in [0.717, 1.165) is 30.4 Å². The Labute approximate surface area is 609 Å². The maximum Gasteiger partial charge on any atom is 0.260 e. The van der Waals surface area contributed by atoms with Crippen LogP contribution < -0.4 is 34.9 Å². The predicted octanol–water partition coefficient (Wildman–Crippen LogP) is 8.64. The molecule has 1 saturated heterocycles. The number of hydrogen-bond acceptors (Lipinski definition) is 21. The molecule has 3 N–H and O–H groups in total. The number of aliphatic imine (C=N–C) groups is 2. The van der Waals surface area contributed by atoms with Crippen LogP contribution in [-0.2, 0) is 61.9 Å². The van der Waals surface area contributed by atoms with Gasteiger partial charge >= 0.3 is 0 Å². The highest BCUT2D eigenvalue weighted by atomic mass is 16.6. The fourth-order valence-corrected chi connectivity index (χ4v) is 12.7. The first-order valence-corrected chi connectivity index (χ1v) is 36.6. The zero-order chi connectivity index (χ0) is 73.9. The molecule has 3 aromatic carbocycles. The second-order valence-corrected chi connectivity index (χ2v) is 27.3. The number of likely N-dealkylation sites (tertiary alicyclic amines) is 1. The number of hydrogen-bond donors (Lipinski definition) is 3. The number of nitrogens with zero attached hydrogens (tertiary/aromatic N) is 5. The summed E-state index contributed by atoms with van der Waals surface area (Å²) in [5.41, 5.74) is 5.47. The molecular weight excluding hydrogens is 1340 g/mol. The Morgan fingerprint density at radius 1 is 0.558 bits per heavy atom. The molecule has 0 spiro atoms. The van der Waals surface area contributed by atoms with Crippen molar-refractivity contribution in [1.82, 2.24) is 25.3 Å². The van der Waals surface area contributed by atoms with Crippen molar-refractivity contribution in [3.05, 3.63) is 83.2 Å². The molecule has 9 rings (SSSR count). The normalized spacial score (nSPS) is 18.0. The molecule has 6 aliphatic rings. The largest absolute Gasteiger partial charge is 0.493 e. The zero-order valence-corrected chi connectivity index (χ0v) is 61.3. The Balaban J connectivity index is 0.561. The highest BCUT2D eigenvalue weighted by Gasteiger charge is 2.41. The van der Waals surface area contributed by atoms with Crippen molar-refractivity contribution in [2.45, 2.75) is 130 Å². The lowest BCUT2D eigenvalue weighted by Crippen LogP contribution is -2.45. The van der Waals surface area contributed by atoms with Crippen LogP contribution in [0.5, 0.6) is 23.0 Å². The Hall–Kier alpha value is -8.44. The number of ketones is 1. The quantitative estimate of drug-likeness (QED) is 0.0352. The second-order valence-electron chi connectivity index (χ2n) is 27.3. The number of carbonyl (C=O) groups excluding carboxylic acids is 8. The number of Topliss-reactive ketones (excluding diaryl/α,β-unsaturated/α-hetero) is 1. The van der Waals surface area contributed by atoms with Crippen molar-refractivity contribution in [2.75, 3.05) is 138 Å². The van der Waals surface area contributed by atoms with E-state index in [2.05, 4.69) is 16.0 Å². The summed E-state index contributed by atoms with van der Waals surface area (Å²) < 4.78 is 62.6. The van der Waals surface area contributed by atoms with Gasteiger partial charge in [-0.3, -0.25) is 53.2 Å². The molecule has 1 unspecified atom stereocenters. The summed E-state index contributed by atoms with van der Waals surface area (Å²) in [7, 11) is 3.06. The molecule has 7 amide bonds. The number of anilines is 1. The lowest BCUT2D eigenvalue weighted by molar-refractivity contribution is -0.140. The monoisotopic (exact) mass is 1440 g/mol. The van der Waals surface area contributed by atoms with E-state index in [-0.39, 0.29) is 122 Å². The first kappa shape index (κ1) is 79.7. The minimum Gasteiger partial charge on any atom is -0.493 e. The molecule has 0 aromatic heterocycles. The fourth-order valence-electron chi connectivity index (χ4n) is 12.7. The number of ether oxygens (including phenoxy) is 11. The molecule has 1 saturated carbocycles. The van der Waals surface area contributed by atoms with Gasteiger partial charge in [0.15, 0.2) is 28.8 Å². The Morgan fingerprint density at radius 3 is 1.61 bits per heavy atom. The van der Waals surface area contributed by atoms with Gasteiger partial charge in [0.25, 0.3) is 11.8 Å². The van der Waals surface area contributed by atoms with Crippen LogP contribution in [0.25, 0.3) is 5.57 Å². The van der Waals surface area contributed by atoms with E-state index in [1.165, 1.54) is 30.4 Å². The van der Waals surface area contributed by atoms with E-state index in [1.807, 2.05) is 58.4 Å². The maximum atomic E-state index is 14.2. The average Bonchev–Trinajstić information content (AvgIpc) is 1.61.